The van der Waals surface area contributed by atoms with Crippen LogP contribution in [-0.2, 0) is 17.8 Å². The normalized spacial score (nSPS) is 14.3. The summed E-state index contributed by atoms with van der Waals surface area (Å²) in [7, 11) is 0. The molecule has 0 saturated carbocycles. The van der Waals surface area contributed by atoms with Gasteiger partial charge < -0.3 is 5.32 Å². The van der Waals surface area contributed by atoms with E-state index in [0.29, 0.717) is 6.54 Å². The lowest BCUT2D eigenvalue weighted by Gasteiger charge is -2.28. The Balaban J connectivity index is 1.46. The molecule has 1 aromatic heterocycles. The van der Waals surface area contributed by atoms with Crippen molar-refractivity contribution in [3.05, 3.63) is 71.9 Å². The first-order valence-corrected chi connectivity index (χ1v) is 8.22. The van der Waals surface area contributed by atoms with Crippen LogP contribution in [0.15, 0.2) is 60.8 Å². The summed E-state index contributed by atoms with van der Waals surface area (Å²) in [6.07, 6.45) is 2.75. The quantitative estimate of drug-likeness (QED) is 0.806. The molecule has 120 valence electrons. The van der Waals surface area contributed by atoms with Crippen LogP contribution in [0, 0.1) is 0 Å². The zero-order valence-corrected chi connectivity index (χ0v) is 13.4. The van der Waals surface area contributed by atoms with Gasteiger partial charge in [-0.25, -0.2) is 0 Å². The van der Waals surface area contributed by atoms with E-state index in [0.717, 1.165) is 36.1 Å². The number of hydrogen-bond acceptors (Lipinski definition) is 3. The predicted molar refractivity (Wildman–Crippen MR) is 95.8 cm³/mol. The number of nitrogens with zero attached hydrogens (tertiary/aromatic N) is 2. The van der Waals surface area contributed by atoms with Crippen LogP contribution in [0.1, 0.15) is 11.1 Å². The van der Waals surface area contributed by atoms with Crippen molar-refractivity contribution in [1.29, 1.82) is 0 Å². The van der Waals surface area contributed by atoms with Gasteiger partial charge in [0.2, 0.25) is 5.91 Å². The summed E-state index contributed by atoms with van der Waals surface area (Å²) in [5.41, 5.74) is 4.32. The first kappa shape index (κ1) is 14.8. The molecular weight excluding hydrogens is 298 g/mol. The molecule has 2 heterocycles. The van der Waals surface area contributed by atoms with E-state index in [1.165, 1.54) is 11.1 Å². The summed E-state index contributed by atoms with van der Waals surface area (Å²) >= 11 is 0. The number of nitrogens with one attached hydrogen (secondary N) is 1. The summed E-state index contributed by atoms with van der Waals surface area (Å²) in [6, 6.07) is 18.2. The van der Waals surface area contributed by atoms with Crippen molar-refractivity contribution < 1.29 is 4.79 Å². The van der Waals surface area contributed by atoms with E-state index in [-0.39, 0.29) is 5.91 Å². The number of carbonyl (C=O) groups excluding carboxylic acids is 1. The standard InChI is InChI=1S/C20H19N3O/c24-19(14-23-12-10-15-5-1-2-6-17(15)13-23)22-18-9-3-7-16-8-4-11-21-20(16)18/h1-9,11H,10,12-14H2,(H,22,24). The fourth-order valence-electron chi connectivity index (χ4n) is 3.29. The van der Waals surface area contributed by atoms with Gasteiger partial charge in [0.15, 0.2) is 0 Å². The average Bonchev–Trinajstić information content (AvgIpc) is 2.62. The number of carbonyl (C=O) groups is 1. The van der Waals surface area contributed by atoms with Gasteiger partial charge in [-0.3, -0.25) is 14.7 Å². The molecule has 0 radical (unpaired) electrons. The maximum absolute atomic E-state index is 12.5. The van der Waals surface area contributed by atoms with Crippen LogP contribution in [0.5, 0.6) is 0 Å². The number of para-hydroxylation sites is 1. The zero-order valence-electron chi connectivity index (χ0n) is 13.4. The number of fused-ring (bicyclic) bond motifs is 2. The number of hydrogen-bond donors (Lipinski definition) is 1. The molecular formula is C20H19N3O. The van der Waals surface area contributed by atoms with Crippen molar-refractivity contribution >= 4 is 22.5 Å². The summed E-state index contributed by atoms with van der Waals surface area (Å²) in [5.74, 6) is 0.00698. The predicted octanol–water partition coefficient (Wildman–Crippen LogP) is 3.23. The van der Waals surface area contributed by atoms with Gasteiger partial charge in [-0.05, 0) is 29.7 Å². The van der Waals surface area contributed by atoms with Gasteiger partial charge in [0.25, 0.3) is 0 Å². The molecule has 3 aromatic rings. The highest BCUT2D eigenvalue weighted by molar-refractivity contribution is 6.00. The van der Waals surface area contributed by atoms with Crippen LogP contribution in [0.3, 0.4) is 0 Å². The number of rotatable bonds is 3. The zero-order chi connectivity index (χ0) is 16.4. The van der Waals surface area contributed by atoms with E-state index in [1.807, 2.05) is 30.3 Å². The second-order valence-electron chi connectivity index (χ2n) is 6.16. The molecule has 0 saturated heterocycles. The van der Waals surface area contributed by atoms with Gasteiger partial charge in [-0.15, -0.1) is 0 Å². The highest BCUT2D eigenvalue weighted by Crippen LogP contribution is 2.21. The van der Waals surface area contributed by atoms with Crippen molar-refractivity contribution in [2.24, 2.45) is 0 Å². The monoisotopic (exact) mass is 317 g/mol. The van der Waals surface area contributed by atoms with Gasteiger partial charge in [-0.2, -0.15) is 0 Å². The maximum atomic E-state index is 12.5. The number of aromatic nitrogens is 1. The Morgan fingerprint density at radius 2 is 1.88 bits per heavy atom. The van der Waals surface area contributed by atoms with E-state index in [2.05, 4.69) is 39.5 Å². The Kier molecular flexibility index (Phi) is 3.97. The van der Waals surface area contributed by atoms with Gasteiger partial charge >= 0.3 is 0 Å². The van der Waals surface area contributed by atoms with Crippen LogP contribution in [0.25, 0.3) is 10.9 Å². The molecule has 24 heavy (non-hydrogen) atoms. The van der Waals surface area contributed by atoms with Crippen LogP contribution >= 0.6 is 0 Å². The van der Waals surface area contributed by atoms with E-state index >= 15 is 0 Å². The van der Waals surface area contributed by atoms with Gasteiger partial charge in [0.1, 0.15) is 0 Å². The summed E-state index contributed by atoms with van der Waals surface area (Å²) < 4.78 is 0. The van der Waals surface area contributed by atoms with Gasteiger partial charge in [-0.1, -0.05) is 42.5 Å². The Morgan fingerprint density at radius 3 is 2.79 bits per heavy atom. The Bertz CT molecular complexity index is 885. The minimum atomic E-state index is 0.00698. The molecule has 4 rings (SSSR count). The lowest BCUT2D eigenvalue weighted by atomic mass is 10.00. The number of benzene rings is 2. The molecule has 0 unspecified atom stereocenters. The van der Waals surface area contributed by atoms with Crippen molar-refractivity contribution in [1.82, 2.24) is 9.88 Å². The first-order chi connectivity index (χ1) is 11.8. The summed E-state index contributed by atoms with van der Waals surface area (Å²) in [4.78, 5) is 19.0. The number of anilines is 1. The van der Waals surface area contributed by atoms with Crippen molar-refractivity contribution in [2.75, 3.05) is 18.4 Å². The second-order valence-corrected chi connectivity index (χ2v) is 6.16. The van der Waals surface area contributed by atoms with E-state index in [4.69, 9.17) is 0 Å². The Morgan fingerprint density at radius 1 is 1.04 bits per heavy atom. The molecule has 0 spiro atoms. The largest absolute Gasteiger partial charge is 0.323 e. The topological polar surface area (TPSA) is 45.2 Å². The van der Waals surface area contributed by atoms with E-state index < -0.39 is 0 Å². The molecule has 2 aromatic carbocycles. The van der Waals surface area contributed by atoms with Crippen molar-refractivity contribution in [3.63, 3.8) is 0 Å². The number of pyridine rings is 1. The minimum absolute atomic E-state index is 0.00698. The molecule has 1 N–H and O–H groups in total. The summed E-state index contributed by atoms with van der Waals surface area (Å²) in [6.45, 7) is 2.15. The van der Waals surface area contributed by atoms with Gasteiger partial charge in [0, 0.05) is 24.7 Å². The molecule has 1 aliphatic rings. The SMILES string of the molecule is O=C(CN1CCc2ccccc2C1)Nc1cccc2cccnc12. The minimum Gasteiger partial charge on any atom is -0.323 e. The van der Waals surface area contributed by atoms with Crippen LogP contribution in [-0.4, -0.2) is 28.9 Å². The van der Waals surface area contributed by atoms with Gasteiger partial charge in [0.05, 0.1) is 17.7 Å². The van der Waals surface area contributed by atoms with Crippen LogP contribution in [0.2, 0.25) is 0 Å². The third-order valence-corrected chi connectivity index (χ3v) is 4.48. The Labute approximate surface area is 141 Å². The highest BCUT2D eigenvalue weighted by atomic mass is 16.2. The molecule has 0 atom stereocenters. The lowest BCUT2D eigenvalue weighted by Crippen LogP contribution is -2.37. The molecule has 1 aliphatic heterocycles. The number of amides is 1. The average molecular weight is 317 g/mol. The first-order valence-electron chi connectivity index (χ1n) is 8.22. The molecule has 4 nitrogen and oxygen atoms in total. The smallest absolute Gasteiger partial charge is 0.238 e. The van der Waals surface area contributed by atoms with E-state index in [1.54, 1.807) is 6.20 Å². The second kappa shape index (κ2) is 6.42. The summed E-state index contributed by atoms with van der Waals surface area (Å²) in [5, 5.41) is 4.04. The molecule has 0 fully saturated rings. The molecule has 0 bridgehead atoms. The molecule has 4 heteroatoms. The Hall–Kier alpha value is -2.72. The molecule has 1 amide bonds. The fourth-order valence-corrected chi connectivity index (χ4v) is 3.29. The van der Waals surface area contributed by atoms with Crippen LogP contribution in [0.4, 0.5) is 5.69 Å². The third-order valence-electron chi connectivity index (χ3n) is 4.48. The lowest BCUT2D eigenvalue weighted by molar-refractivity contribution is -0.117. The maximum Gasteiger partial charge on any atom is 0.238 e. The van der Waals surface area contributed by atoms with Crippen molar-refractivity contribution in [2.45, 2.75) is 13.0 Å². The highest BCUT2D eigenvalue weighted by Gasteiger charge is 2.18. The fraction of sp³-hybridized carbons (Fsp3) is 0.200. The van der Waals surface area contributed by atoms with Crippen molar-refractivity contribution in [3.8, 4) is 0 Å². The van der Waals surface area contributed by atoms with E-state index in [9.17, 15) is 4.79 Å². The van der Waals surface area contributed by atoms with Crippen LogP contribution < -0.4 is 5.32 Å². The third kappa shape index (κ3) is 3.01. The molecule has 0 aliphatic carbocycles.